The van der Waals surface area contributed by atoms with Gasteiger partial charge in [-0.05, 0) is 29.8 Å². The van der Waals surface area contributed by atoms with E-state index >= 15 is 0 Å². The Balaban J connectivity index is 2.11. The molecule has 0 saturated heterocycles. The van der Waals surface area contributed by atoms with Gasteiger partial charge in [-0.1, -0.05) is 30.3 Å². The predicted octanol–water partition coefficient (Wildman–Crippen LogP) is 2.33. The molecule has 3 nitrogen and oxygen atoms in total. The van der Waals surface area contributed by atoms with Crippen molar-refractivity contribution in [3.05, 3.63) is 60.2 Å². The molecule has 0 aliphatic heterocycles. The molecule has 3 heteroatoms. The molecular formula is C14H14O3. The van der Waals surface area contributed by atoms with Crippen molar-refractivity contribution in [1.29, 1.82) is 0 Å². The van der Waals surface area contributed by atoms with Gasteiger partial charge in [0.2, 0.25) is 0 Å². The topological polar surface area (TPSA) is 49.7 Å². The summed E-state index contributed by atoms with van der Waals surface area (Å²) in [6, 6.07) is 16.7. The van der Waals surface area contributed by atoms with Gasteiger partial charge in [-0.2, -0.15) is 0 Å². The SMILES string of the molecule is OC(O)Cc1cccc(Oc2ccccc2)c1. The van der Waals surface area contributed by atoms with Gasteiger partial charge in [0.05, 0.1) is 0 Å². The predicted molar refractivity (Wildman–Crippen MR) is 64.9 cm³/mol. The van der Waals surface area contributed by atoms with E-state index in [-0.39, 0.29) is 6.42 Å². The number of para-hydroxylation sites is 1. The summed E-state index contributed by atoms with van der Waals surface area (Å²) >= 11 is 0. The van der Waals surface area contributed by atoms with Crippen LogP contribution in [0, 0.1) is 0 Å². The van der Waals surface area contributed by atoms with Crippen LogP contribution in [-0.2, 0) is 6.42 Å². The van der Waals surface area contributed by atoms with Gasteiger partial charge in [0.15, 0.2) is 6.29 Å². The highest BCUT2D eigenvalue weighted by atomic mass is 16.5. The number of hydrogen-bond acceptors (Lipinski definition) is 3. The van der Waals surface area contributed by atoms with Gasteiger partial charge in [-0.3, -0.25) is 0 Å². The number of benzene rings is 2. The number of hydrogen-bond donors (Lipinski definition) is 2. The van der Waals surface area contributed by atoms with Gasteiger partial charge in [-0.25, -0.2) is 0 Å². The quantitative estimate of drug-likeness (QED) is 0.792. The first kappa shape index (κ1) is 11.6. The maximum absolute atomic E-state index is 8.90. The van der Waals surface area contributed by atoms with Crippen molar-refractivity contribution >= 4 is 0 Å². The largest absolute Gasteiger partial charge is 0.457 e. The summed E-state index contributed by atoms with van der Waals surface area (Å²) < 4.78 is 5.64. The second kappa shape index (κ2) is 5.48. The lowest BCUT2D eigenvalue weighted by Crippen LogP contribution is -2.07. The molecular weight excluding hydrogens is 216 g/mol. The zero-order chi connectivity index (χ0) is 12.1. The average molecular weight is 230 g/mol. The Morgan fingerprint density at radius 2 is 1.59 bits per heavy atom. The molecule has 2 rings (SSSR count). The zero-order valence-corrected chi connectivity index (χ0v) is 9.28. The molecule has 88 valence electrons. The summed E-state index contributed by atoms with van der Waals surface area (Å²) in [4.78, 5) is 0. The maximum atomic E-state index is 8.90. The summed E-state index contributed by atoms with van der Waals surface area (Å²) in [5.74, 6) is 1.45. The van der Waals surface area contributed by atoms with Crippen molar-refractivity contribution in [3.63, 3.8) is 0 Å². The first-order valence-corrected chi connectivity index (χ1v) is 5.42. The Bertz CT molecular complexity index is 466. The van der Waals surface area contributed by atoms with E-state index in [9.17, 15) is 0 Å². The van der Waals surface area contributed by atoms with Crippen LogP contribution in [0.1, 0.15) is 5.56 Å². The highest BCUT2D eigenvalue weighted by Crippen LogP contribution is 2.22. The van der Waals surface area contributed by atoms with Crippen LogP contribution in [0.2, 0.25) is 0 Å². The minimum Gasteiger partial charge on any atom is -0.457 e. The highest BCUT2D eigenvalue weighted by Gasteiger charge is 2.02. The molecule has 0 spiro atoms. The van der Waals surface area contributed by atoms with Crippen molar-refractivity contribution in [2.45, 2.75) is 12.7 Å². The van der Waals surface area contributed by atoms with E-state index in [1.165, 1.54) is 0 Å². The van der Waals surface area contributed by atoms with Gasteiger partial charge < -0.3 is 14.9 Å². The van der Waals surface area contributed by atoms with E-state index in [0.29, 0.717) is 5.75 Å². The van der Waals surface area contributed by atoms with Gasteiger partial charge >= 0.3 is 0 Å². The Labute approximate surface area is 99.9 Å². The van der Waals surface area contributed by atoms with Crippen LogP contribution in [-0.4, -0.2) is 16.5 Å². The van der Waals surface area contributed by atoms with E-state index in [1.54, 1.807) is 6.07 Å². The summed E-state index contributed by atoms with van der Waals surface area (Å²) in [6.45, 7) is 0. The monoisotopic (exact) mass is 230 g/mol. The van der Waals surface area contributed by atoms with Crippen LogP contribution >= 0.6 is 0 Å². The van der Waals surface area contributed by atoms with Crippen LogP contribution in [0.4, 0.5) is 0 Å². The number of aliphatic hydroxyl groups excluding tert-OH is 1. The third-order valence-corrected chi connectivity index (χ3v) is 2.30. The molecule has 0 radical (unpaired) electrons. The van der Waals surface area contributed by atoms with Crippen molar-refractivity contribution in [1.82, 2.24) is 0 Å². The zero-order valence-electron chi connectivity index (χ0n) is 9.28. The third kappa shape index (κ3) is 3.59. The number of rotatable bonds is 4. The molecule has 17 heavy (non-hydrogen) atoms. The van der Waals surface area contributed by atoms with Gasteiger partial charge in [0.25, 0.3) is 0 Å². The molecule has 0 unspecified atom stereocenters. The van der Waals surface area contributed by atoms with Crippen LogP contribution in [0.3, 0.4) is 0 Å². The first-order valence-electron chi connectivity index (χ1n) is 5.42. The molecule has 2 aromatic carbocycles. The second-order valence-electron chi connectivity index (χ2n) is 3.75. The first-order chi connectivity index (χ1) is 8.24. The molecule has 0 fully saturated rings. The molecule has 0 aliphatic rings. The van der Waals surface area contributed by atoms with Crippen molar-refractivity contribution in [3.8, 4) is 11.5 Å². The van der Waals surface area contributed by atoms with E-state index in [4.69, 9.17) is 14.9 Å². The van der Waals surface area contributed by atoms with Crippen LogP contribution in [0.25, 0.3) is 0 Å². The van der Waals surface area contributed by atoms with Crippen molar-refractivity contribution in [2.75, 3.05) is 0 Å². The van der Waals surface area contributed by atoms with E-state index in [2.05, 4.69) is 0 Å². The minimum absolute atomic E-state index is 0.200. The van der Waals surface area contributed by atoms with Gasteiger partial charge in [-0.15, -0.1) is 0 Å². The average Bonchev–Trinajstić information content (AvgIpc) is 2.30. The Morgan fingerprint density at radius 1 is 0.882 bits per heavy atom. The molecule has 0 atom stereocenters. The highest BCUT2D eigenvalue weighted by molar-refractivity contribution is 5.33. The number of aliphatic hydroxyl groups is 2. The Kier molecular flexibility index (Phi) is 3.75. The molecule has 0 saturated carbocycles. The van der Waals surface area contributed by atoms with Crippen molar-refractivity contribution < 1.29 is 14.9 Å². The Morgan fingerprint density at radius 3 is 2.29 bits per heavy atom. The molecule has 0 heterocycles. The lowest BCUT2D eigenvalue weighted by Gasteiger charge is -2.08. The summed E-state index contributed by atoms with van der Waals surface area (Å²) in [7, 11) is 0. The lowest BCUT2D eigenvalue weighted by molar-refractivity contribution is -0.0381. The Hall–Kier alpha value is -1.84. The normalized spacial score (nSPS) is 10.5. The second-order valence-corrected chi connectivity index (χ2v) is 3.75. The third-order valence-electron chi connectivity index (χ3n) is 2.30. The molecule has 0 bridgehead atoms. The summed E-state index contributed by atoms with van der Waals surface area (Å²) in [6.07, 6.45) is -1.13. The minimum atomic E-state index is -1.33. The standard InChI is InChI=1S/C14H14O3/c15-14(16)10-11-5-4-8-13(9-11)17-12-6-2-1-3-7-12/h1-9,14-16H,10H2. The summed E-state index contributed by atoms with van der Waals surface area (Å²) in [5.41, 5.74) is 0.827. The van der Waals surface area contributed by atoms with E-state index in [0.717, 1.165) is 11.3 Å². The fourth-order valence-electron chi connectivity index (χ4n) is 1.57. The maximum Gasteiger partial charge on any atom is 0.155 e. The van der Waals surface area contributed by atoms with Crippen LogP contribution < -0.4 is 4.74 Å². The fourth-order valence-corrected chi connectivity index (χ4v) is 1.57. The number of ether oxygens (including phenoxy) is 1. The smallest absolute Gasteiger partial charge is 0.155 e. The summed E-state index contributed by atoms with van der Waals surface area (Å²) in [5, 5.41) is 17.8. The van der Waals surface area contributed by atoms with E-state index in [1.807, 2.05) is 48.5 Å². The lowest BCUT2D eigenvalue weighted by atomic mass is 10.1. The van der Waals surface area contributed by atoms with Crippen LogP contribution in [0.5, 0.6) is 11.5 Å². The van der Waals surface area contributed by atoms with Crippen LogP contribution in [0.15, 0.2) is 54.6 Å². The van der Waals surface area contributed by atoms with E-state index < -0.39 is 6.29 Å². The molecule has 0 aromatic heterocycles. The molecule has 0 amide bonds. The van der Waals surface area contributed by atoms with Gasteiger partial charge in [0, 0.05) is 6.42 Å². The van der Waals surface area contributed by atoms with Gasteiger partial charge in [0.1, 0.15) is 11.5 Å². The molecule has 2 N–H and O–H groups in total. The molecule has 0 aliphatic carbocycles. The fraction of sp³-hybridized carbons (Fsp3) is 0.143. The van der Waals surface area contributed by atoms with Crippen molar-refractivity contribution in [2.24, 2.45) is 0 Å². The molecule has 2 aromatic rings.